The average Bonchev–Trinajstić information content (AvgIpc) is 3.21. The van der Waals surface area contributed by atoms with Crippen LogP contribution in [0.2, 0.25) is 0 Å². The van der Waals surface area contributed by atoms with E-state index in [9.17, 15) is 4.39 Å². The number of aromatic amines is 1. The number of allylic oxidation sites excluding steroid dienone is 3. The summed E-state index contributed by atoms with van der Waals surface area (Å²) in [5.74, 6) is 0.299. The maximum atomic E-state index is 17.0. The predicted octanol–water partition coefficient (Wildman–Crippen LogP) is 7.17. The minimum atomic E-state index is -0.255. The summed E-state index contributed by atoms with van der Waals surface area (Å²) in [5.41, 5.74) is 9.25. The van der Waals surface area contributed by atoms with Crippen LogP contribution in [0.5, 0.6) is 0 Å². The second-order valence-corrected chi connectivity index (χ2v) is 12.8. The van der Waals surface area contributed by atoms with Crippen LogP contribution >= 0.6 is 11.3 Å². The van der Waals surface area contributed by atoms with Gasteiger partial charge < -0.3 is 9.88 Å². The Balaban J connectivity index is 1.23. The molecule has 2 aromatic carbocycles. The Hall–Kier alpha value is -3.88. The van der Waals surface area contributed by atoms with Gasteiger partial charge in [0.25, 0.3) is 0 Å². The molecule has 3 aliphatic heterocycles. The summed E-state index contributed by atoms with van der Waals surface area (Å²) in [6, 6.07) is 11.8. The molecule has 0 amide bonds. The van der Waals surface area contributed by atoms with Crippen LogP contribution in [0.1, 0.15) is 57.2 Å². The van der Waals surface area contributed by atoms with Gasteiger partial charge in [0, 0.05) is 34.7 Å². The first-order chi connectivity index (χ1) is 20.4. The molecular formula is C34H31F2N5S. The lowest BCUT2D eigenvalue weighted by molar-refractivity contribution is 0.331. The summed E-state index contributed by atoms with van der Waals surface area (Å²) in [5, 5.41) is -0.236. The predicted molar refractivity (Wildman–Crippen MR) is 165 cm³/mol. The molecule has 0 spiro atoms. The molecule has 8 rings (SSSR count). The quantitative estimate of drug-likeness (QED) is 0.255. The molecule has 1 unspecified atom stereocenters. The van der Waals surface area contributed by atoms with Crippen molar-refractivity contribution in [1.82, 2.24) is 14.9 Å². The zero-order valence-electron chi connectivity index (χ0n) is 23.7. The number of benzene rings is 2. The highest BCUT2D eigenvalue weighted by Gasteiger charge is 2.43. The fourth-order valence-electron chi connectivity index (χ4n) is 6.73. The second kappa shape index (κ2) is 9.85. The van der Waals surface area contributed by atoms with Gasteiger partial charge >= 0.3 is 0 Å². The van der Waals surface area contributed by atoms with Crippen molar-refractivity contribution in [2.45, 2.75) is 45.8 Å². The van der Waals surface area contributed by atoms with Crippen molar-refractivity contribution in [3.8, 4) is 11.1 Å². The van der Waals surface area contributed by atoms with Crippen molar-refractivity contribution in [1.29, 1.82) is 0 Å². The Morgan fingerprint density at radius 3 is 2.71 bits per heavy atom. The molecule has 5 nitrogen and oxygen atoms in total. The number of aromatic nitrogens is 2. The number of hydrogen-bond acceptors (Lipinski definition) is 5. The number of thiophene rings is 1. The third-order valence-corrected chi connectivity index (χ3v) is 9.61. The van der Waals surface area contributed by atoms with Crippen LogP contribution in [0.25, 0.3) is 16.7 Å². The minimum absolute atomic E-state index is 0.00519. The Bertz CT molecular complexity index is 1840. The van der Waals surface area contributed by atoms with Crippen LogP contribution in [0, 0.1) is 24.8 Å². The highest BCUT2D eigenvalue weighted by molar-refractivity contribution is 7.11. The van der Waals surface area contributed by atoms with Crippen LogP contribution in [0.4, 0.5) is 14.5 Å². The van der Waals surface area contributed by atoms with Crippen LogP contribution in [-0.2, 0) is 13.0 Å². The summed E-state index contributed by atoms with van der Waals surface area (Å²) in [4.78, 5) is 18.9. The van der Waals surface area contributed by atoms with Gasteiger partial charge in [0.05, 0.1) is 23.5 Å². The molecule has 4 aliphatic rings. The third kappa shape index (κ3) is 4.36. The Morgan fingerprint density at radius 1 is 1.05 bits per heavy atom. The molecule has 1 N–H and O–H groups in total. The third-order valence-electron chi connectivity index (χ3n) is 8.70. The number of aryl methyl sites for hydroxylation is 2. The Kier molecular flexibility index (Phi) is 6.05. The van der Waals surface area contributed by atoms with E-state index < -0.39 is 0 Å². The number of rotatable bonds is 5. The van der Waals surface area contributed by atoms with Gasteiger partial charge in [0.2, 0.25) is 0 Å². The molecular weight excluding hydrogens is 548 g/mol. The summed E-state index contributed by atoms with van der Waals surface area (Å²) in [7, 11) is 0. The van der Waals surface area contributed by atoms with E-state index in [0.717, 1.165) is 81.7 Å². The van der Waals surface area contributed by atoms with Crippen LogP contribution < -0.4 is 4.90 Å². The summed E-state index contributed by atoms with van der Waals surface area (Å²) in [6.07, 6.45) is 9.13. The maximum Gasteiger partial charge on any atom is 0.176 e. The molecule has 5 heterocycles. The number of imidazole rings is 1. The van der Waals surface area contributed by atoms with Gasteiger partial charge in [0.1, 0.15) is 17.7 Å². The molecule has 2 aromatic heterocycles. The van der Waals surface area contributed by atoms with Crippen molar-refractivity contribution < 1.29 is 8.78 Å². The lowest BCUT2D eigenvalue weighted by Gasteiger charge is -2.22. The first-order valence-corrected chi connectivity index (χ1v) is 15.5. The van der Waals surface area contributed by atoms with Crippen molar-refractivity contribution in [2.24, 2.45) is 4.99 Å². The van der Waals surface area contributed by atoms with Crippen molar-refractivity contribution in [3.63, 3.8) is 0 Å². The van der Waals surface area contributed by atoms with Crippen LogP contribution in [0.3, 0.4) is 0 Å². The fourth-order valence-corrected chi connectivity index (χ4v) is 7.49. The van der Waals surface area contributed by atoms with Gasteiger partial charge in [-0.1, -0.05) is 35.9 Å². The lowest BCUT2D eigenvalue weighted by atomic mass is 9.91. The van der Waals surface area contributed by atoms with Gasteiger partial charge in [-0.25, -0.2) is 9.37 Å². The van der Waals surface area contributed by atoms with E-state index in [4.69, 9.17) is 9.98 Å². The largest absolute Gasteiger partial charge is 0.344 e. The molecule has 42 heavy (non-hydrogen) atoms. The van der Waals surface area contributed by atoms with Crippen molar-refractivity contribution in [2.75, 3.05) is 24.5 Å². The topological polar surface area (TPSA) is 47.3 Å². The lowest BCUT2D eigenvalue weighted by Crippen LogP contribution is -2.20. The molecule has 212 valence electrons. The summed E-state index contributed by atoms with van der Waals surface area (Å²) < 4.78 is 30.9. The van der Waals surface area contributed by atoms with Crippen molar-refractivity contribution in [3.05, 3.63) is 110 Å². The van der Waals surface area contributed by atoms with E-state index in [1.54, 1.807) is 6.07 Å². The van der Waals surface area contributed by atoms with E-state index in [0.29, 0.717) is 29.1 Å². The van der Waals surface area contributed by atoms with E-state index in [2.05, 4.69) is 52.0 Å². The van der Waals surface area contributed by atoms with Crippen LogP contribution in [0.15, 0.2) is 59.6 Å². The number of nitrogens with zero attached hydrogens (tertiary/aromatic N) is 4. The zero-order chi connectivity index (χ0) is 28.5. The number of anilines is 1. The SMILES string of the molecule is Cc1cc(CN2CCCC2)cc(-c2c(C)cc3c(c2F)C(c2nc4c([nH]2)CC=CC=C4c2ccc(F)s2)=NC2CN32)c1. The fraction of sp³-hybridized carbons (Fsp3) is 0.294. The smallest absolute Gasteiger partial charge is 0.176 e. The number of H-pyrrole nitrogens is 1. The molecule has 0 bridgehead atoms. The van der Waals surface area contributed by atoms with E-state index in [1.165, 1.54) is 24.5 Å². The summed E-state index contributed by atoms with van der Waals surface area (Å²) >= 11 is 1.10. The van der Waals surface area contributed by atoms with E-state index >= 15 is 4.39 Å². The number of fused-ring (bicyclic) bond motifs is 4. The average molecular weight is 580 g/mol. The number of nitrogens with one attached hydrogen (secondary N) is 1. The van der Waals surface area contributed by atoms with E-state index in [1.807, 2.05) is 19.1 Å². The van der Waals surface area contributed by atoms with Gasteiger partial charge in [0.15, 0.2) is 11.0 Å². The number of aliphatic imine (C=N–C) groups is 1. The van der Waals surface area contributed by atoms with Gasteiger partial charge in [-0.3, -0.25) is 9.89 Å². The minimum Gasteiger partial charge on any atom is -0.344 e. The Labute approximate surface area is 247 Å². The van der Waals surface area contributed by atoms with Gasteiger partial charge in [-0.15, -0.1) is 11.3 Å². The van der Waals surface area contributed by atoms with E-state index in [-0.39, 0.29) is 17.1 Å². The first-order valence-electron chi connectivity index (χ1n) is 14.7. The highest BCUT2D eigenvalue weighted by atomic mass is 32.1. The van der Waals surface area contributed by atoms with Crippen molar-refractivity contribution >= 4 is 28.3 Å². The van der Waals surface area contributed by atoms with Gasteiger partial charge in [-0.05, 0) is 80.7 Å². The standard InChI is InChI=1S/C34H31F2N5S/c1-19-13-21(17-40-11-5-6-12-40)16-22(14-19)29-20(2)15-25-30(31(29)36)33(38-28-18-41(25)28)34-37-24-8-4-3-7-23(32(24)39-34)26-9-10-27(35)42-26/h3-4,7,9-10,13-16,28H,5-6,8,11-12,17-18H2,1-2H3,(H,37,39). The first kappa shape index (κ1) is 25.8. The summed E-state index contributed by atoms with van der Waals surface area (Å²) in [6.45, 7) is 7.98. The molecule has 4 aromatic rings. The molecule has 2 saturated heterocycles. The van der Waals surface area contributed by atoms with Crippen LogP contribution in [-0.4, -0.2) is 46.4 Å². The highest BCUT2D eigenvalue weighted by Crippen LogP contribution is 2.44. The maximum absolute atomic E-state index is 17.0. The number of hydrogen-bond donors (Lipinski definition) is 1. The number of halogens is 2. The molecule has 0 saturated carbocycles. The number of likely N-dealkylation sites (tertiary alicyclic amines) is 1. The molecule has 1 aliphatic carbocycles. The normalized spacial score (nSPS) is 19.2. The molecule has 8 heteroatoms. The Morgan fingerprint density at radius 2 is 1.90 bits per heavy atom. The molecule has 1 atom stereocenters. The monoisotopic (exact) mass is 579 g/mol. The van der Waals surface area contributed by atoms with Gasteiger partial charge in [-0.2, -0.15) is 4.39 Å². The molecule has 2 fully saturated rings. The second-order valence-electron chi connectivity index (χ2n) is 11.8. The zero-order valence-corrected chi connectivity index (χ0v) is 24.5. The molecule has 0 radical (unpaired) electrons.